The molecule has 0 aliphatic rings. The lowest BCUT2D eigenvalue weighted by Gasteiger charge is -2.22. The zero-order valence-electron chi connectivity index (χ0n) is 20.2. The largest absolute Gasteiger partial charge is 0.497 e. The number of nitrogen functional groups attached to an aromatic ring is 1. The number of rotatable bonds is 6. The number of methoxy groups -OCH3 is 1. The first kappa shape index (κ1) is 23.5. The fraction of sp³-hybridized carbons (Fsp3) is 0.107. The number of nitrogens with one attached hydrogen (secondary N) is 1. The molecule has 0 unspecified atom stereocenters. The van der Waals surface area contributed by atoms with Crippen LogP contribution in [0.15, 0.2) is 83.9 Å². The van der Waals surface area contributed by atoms with Gasteiger partial charge < -0.3 is 15.8 Å². The first-order valence-electron chi connectivity index (χ1n) is 11.5. The standard InChI is InChI=1S/C28H23N7O2/c1-17(33-26-19(15-29)16-32-28(30)34-26)24-13-18-7-6-10-22(23-14-21(37-2)11-12-31-23)25(18)27(36)35(24)20-8-4-3-5-9-20/h3-14,16-17H,1-2H3,(H3,30,32,33,34)/t17-/m0/s1. The van der Waals surface area contributed by atoms with Gasteiger partial charge in [0.25, 0.3) is 5.56 Å². The van der Waals surface area contributed by atoms with Crippen LogP contribution in [0.5, 0.6) is 5.75 Å². The number of nitrogens with zero attached hydrogens (tertiary/aromatic N) is 5. The Hall–Kier alpha value is -5.23. The molecule has 0 fully saturated rings. The fourth-order valence-corrected chi connectivity index (χ4v) is 4.31. The molecule has 0 saturated heterocycles. The molecule has 5 rings (SSSR count). The third-order valence-corrected chi connectivity index (χ3v) is 6.06. The number of nitriles is 1. The van der Waals surface area contributed by atoms with Crippen molar-refractivity contribution in [3.63, 3.8) is 0 Å². The van der Waals surface area contributed by atoms with Gasteiger partial charge in [0.2, 0.25) is 5.95 Å². The summed E-state index contributed by atoms with van der Waals surface area (Å²) >= 11 is 0. The maximum absolute atomic E-state index is 14.2. The number of pyridine rings is 2. The Kier molecular flexibility index (Phi) is 6.22. The van der Waals surface area contributed by atoms with E-state index in [0.29, 0.717) is 39.6 Å². The summed E-state index contributed by atoms with van der Waals surface area (Å²) < 4.78 is 7.04. The molecule has 9 heteroatoms. The number of fused-ring (bicyclic) bond motifs is 1. The van der Waals surface area contributed by atoms with Crippen LogP contribution in [-0.2, 0) is 0 Å². The summed E-state index contributed by atoms with van der Waals surface area (Å²) in [6.45, 7) is 1.90. The zero-order chi connectivity index (χ0) is 25.9. The highest BCUT2D eigenvalue weighted by atomic mass is 16.5. The van der Waals surface area contributed by atoms with Crippen molar-refractivity contribution in [2.24, 2.45) is 0 Å². The monoisotopic (exact) mass is 489 g/mol. The summed E-state index contributed by atoms with van der Waals surface area (Å²) in [5, 5.41) is 14.0. The average Bonchev–Trinajstić information content (AvgIpc) is 2.93. The van der Waals surface area contributed by atoms with Crippen molar-refractivity contribution in [3.8, 4) is 28.8 Å². The first-order chi connectivity index (χ1) is 18.0. The molecule has 0 spiro atoms. The van der Waals surface area contributed by atoms with Crippen molar-refractivity contribution in [1.29, 1.82) is 5.26 Å². The molecule has 3 aromatic heterocycles. The van der Waals surface area contributed by atoms with E-state index in [0.717, 1.165) is 5.39 Å². The topological polar surface area (TPSA) is 132 Å². The molecular weight excluding hydrogens is 466 g/mol. The quantitative estimate of drug-likeness (QED) is 0.357. The number of hydrogen-bond donors (Lipinski definition) is 2. The molecule has 0 aliphatic carbocycles. The van der Waals surface area contributed by atoms with Gasteiger partial charge >= 0.3 is 0 Å². The van der Waals surface area contributed by atoms with E-state index in [-0.39, 0.29) is 17.1 Å². The molecule has 182 valence electrons. The highest BCUT2D eigenvalue weighted by Gasteiger charge is 2.20. The van der Waals surface area contributed by atoms with Crippen molar-refractivity contribution in [2.45, 2.75) is 13.0 Å². The minimum atomic E-state index is -0.419. The molecule has 0 amide bonds. The van der Waals surface area contributed by atoms with Gasteiger partial charge in [0, 0.05) is 29.2 Å². The molecule has 0 saturated carbocycles. The van der Waals surface area contributed by atoms with Gasteiger partial charge in [0.05, 0.1) is 30.4 Å². The summed E-state index contributed by atoms with van der Waals surface area (Å²) in [6.07, 6.45) is 3.03. The molecule has 37 heavy (non-hydrogen) atoms. The number of ether oxygens (including phenoxy) is 1. The Bertz CT molecular complexity index is 1710. The average molecular weight is 490 g/mol. The highest BCUT2D eigenvalue weighted by molar-refractivity contribution is 5.96. The molecule has 1 atom stereocenters. The van der Waals surface area contributed by atoms with E-state index in [2.05, 4.69) is 26.3 Å². The van der Waals surface area contributed by atoms with Gasteiger partial charge in [-0.25, -0.2) is 4.98 Å². The van der Waals surface area contributed by atoms with Crippen LogP contribution in [0.1, 0.15) is 24.2 Å². The van der Waals surface area contributed by atoms with E-state index in [4.69, 9.17) is 10.5 Å². The first-order valence-corrected chi connectivity index (χ1v) is 11.5. The highest BCUT2D eigenvalue weighted by Crippen LogP contribution is 2.30. The van der Waals surface area contributed by atoms with E-state index in [9.17, 15) is 10.1 Å². The van der Waals surface area contributed by atoms with Gasteiger partial charge in [-0.15, -0.1) is 0 Å². The van der Waals surface area contributed by atoms with Gasteiger partial charge in [0.1, 0.15) is 23.2 Å². The van der Waals surface area contributed by atoms with Crippen LogP contribution in [0.4, 0.5) is 11.8 Å². The van der Waals surface area contributed by atoms with Crippen LogP contribution in [0.2, 0.25) is 0 Å². The number of nitrogens with two attached hydrogens (primary N) is 1. The van der Waals surface area contributed by atoms with Crippen molar-refractivity contribution in [1.82, 2.24) is 19.5 Å². The van der Waals surface area contributed by atoms with Crippen LogP contribution in [0.25, 0.3) is 27.7 Å². The molecular formula is C28H23N7O2. The Morgan fingerprint density at radius 1 is 1.08 bits per heavy atom. The van der Waals surface area contributed by atoms with Crippen molar-refractivity contribution in [3.05, 3.63) is 101 Å². The van der Waals surface area contributed by atoms with E-state index in [1.54, 1.807) is 23.9 Å². The van der Waals surface area contributed by atoms with Gasteiger partial charge in [0.15, 0.2) is 0 Å². The normalized spacial score (nSPS) is 11.6. The lowest BCUT2D eigenvalue weighted by Crippen LogP contribution is -2.26. The van der Waals surface area contributed by atoms with E-state index in [1.165, 1.54) is 6.20 Å². The fourth-order valence-electron chi connectivity index (χ4n) is 4.31. The van der Waals surface area contributed by atoms with Crippen LogP contribution in [-0.4, -0.2) is 26.6 Å². The summed E-state index contributed by atoms with van der Waals surface area (Å²) in [5.74, 6) is 0.990. The molecule has 5 aromatic rings. The summed E-state index contributed by atoms with van der Waals surface area (Å²) in [5.41, 5.74) is 8.54. The second-order valence-electron chi connectivity index (χ2n) is 8.36. The lowest BCUT2D eigenvalue weighted by molar-refractivity contribution is 0.414. The Labute approximate surface area is 212 Å². The van der Waals surface area contributed by atoms with E-state index >= 15 is 0 Å². The van der Waals surface area contributed by atoms with E-state index < -0.39 is 6.04 Å². The summed E-state index contributed by atoms with van der Waals surface area (Å²) in [6, 6.07) is 22.3. The molecule has 9 nitrogen and oxygen atoms in total. The molecule has 2 aromatic carbocycles. The number of benzene rings is 2. The van der Waals surface area contributed by atoms with Crippen molar-refractivity contribution >= 4 is 22.5 Å². The Morgan fingerprint density at radius 3 is 2.65 bits per heavy atom. The number of anilines is 2. The minimum absolute atomic E-state index is 0.0445. The molecule has 0 bridgehead atoms. The van der Waals surface area contributed by atoms with Crippen LogP contribution >= 0.6 is 0 Å². The molecule has 0 aliphatic heterocycles. The second-order valence-corrected chi connectivity index (χ2v) is 8.36. The van der Waals surface area contributed by atoms with Crippen molar-refractivity contribution < 1.29 is 4.74 Å². The predicted molar refractivity (Wildman–Crippen MR) is 143 cm³/mol. The van der Waals surface area contributed by atoms with Gasteiger partial charge in [-0.2, -0.15) is 10.2 Å². The molecule has 3 heterocycles. The third kappa shape index (κ3) is 4.44. The number of para-hydroxylation sites is 1. The van der Waals surface area contributed by atoms with Crippen LogP contribution in [0, 0.1) is 11.3 Å². The van der Waals surface area contributed by atoms with Gasteiger partial charge in [-0.1, -0.05) is 36.4 Å². The van der Waals surface area contributed by atoms with Crippen LogP contribution in [0.3, 0.4) is 0 Å². The molecule has 3 N–H and O–H groups in total. The van der Waals surface area contributed by atoms with E-state index in [1.807, 2.05) is 67.6 Å². The number of aromatic nitrogens is 4. The lowest BCUT2D eigenvalue weighted by atomic mass is 10.0. The number of hydrogen-bond acceptors (Lipinski definition) is 8. The van der Waals surface area contributed by atoms with Gasteiger partial charge in [-0.05, 0) is 36.6 Å². The SMILES string of the molecule is COc1ccnc(-c2cccc3cc([C@H](C)Nc4nc(N)ncc4C#N)n(-c4ccccc4)c(=O)c23)c1. The summed E-state index contributed by atoms with van der Waals surface area (Å²) in [4.78, 5) is 26.8. The predicted octanol–water partition coefficient (Wildman–Crippen LogP) is 4.48. The second kappa shape index (κ2) is 9.79. The van der Waals surface area contributed by atoms with Gasteiger partial charge in [-0.3, -0.25) is 14.3 Å². The smallest absolute Gasteiger partial charge is 0.263 e. The Morgan fingerprint density at radius 2 is 1.89 bits per heavy atom. The van der Waals surface area contributed by atoms with Crippen LogP contribution < -0.4 is 21.3 Å². The minimum Gasteiger partial charge on any atom is -0.497 e. The maximum Gasteiger partial charge on any atom is 0.263 e. The third-order valence-electron chi connectivity index (χ3n) is 6.06. The molecule has 0 radical (unpaired) electrons. The Balaban J connectivity index is 1.74. The van der Waals surface area contributed by atoms with Crippen molar-refractivity contribution in [2.75, 3.05) is 18.2 Å². The maximum atomic E-state index is 14.2. The zero-order valence-corrected chi connectivity index (χ0v) is 20.2. The summed E-state index contributed by atoms with van der Waals surface area (Å²) in [7, 11) is 1.59.